The van der Waals surface area contributed by atoms with Gasteiger partial charge in [-0.2, -0.15) is 0 Å². The van der Waals surface area contributed by atoms with Crippen molar-refractivity contribution in [2.45, 2.75) is 52.0 Å². The first kappa shape index (κ1) is 18.4. The Labute approximate surface area is 129 Å². The SMILES string of the molecule is CCOCCN(CC)CCC1CCCC1(N)C(=O)OCC. The third-order valence-corrected chi connectivity index (χ3v) is 4.52. The van der Waals surface area contributed by atoms with Crippen molar-refractivity contribution in [1.82, 2.24) is 4.90 Å². The molecule has 0 saturated heterocycles. The number of carbonyl (C=O) groups is 1. The molecule has 124 valence electrons. The molecule has 2 atom stereocenters. The van der Waals surface area contributed by atoms with Crippen LogP contribution in [0.2, 0.25) is 0 Å². The summed E-state index contributed by atoms with van der Waals surface area (Å²) in [5.41, 5.74) is 5.60. The predicted octanol–water partition coefficient (Wildman–Crippen LogP) is 1.80. The van der Waals surface area contributed by atoms with Crippen molar-refractivity contribution in [3.63, 3.8) is 0 Å². The van der Waals surface area contributed by atoms with Crippen LogP contribution in [0, 0.1) is 5.92 Å². The summed E-state index contributed by atoms with van der Waals surface area (Å²) in [5.74, 6) is 0.0163. The van der Waals surface area contributed by atoms with Gasteiger partial charge in [-0.15, -0.1) is 0 Å². The van der Waals surface area contributed by atoms with E-state index in [4.69, 9.17) is 15.2 Å². The number of hydrogen-bond donors (Lipinski definition) is 1. The van der Waals surface area contributed by atoms with E-state index in [0.717, 1.165) is 58.5 Å². The van der Waals surface area contributed by atoms with Gasteiger partial charge in [0.1, 0.15) is 5.54 Å². The van der Waals surface area contributed by atoms with Crippen LogP contribution in [0.3, 0.4) is 0 Å². The van der Waals surface area contributed by atoms with Crippen LogP contribution in [0.5, 0.6) is 0 Å². The second-order valence-electron chi connectivity index (χ2n) is 5.77. The summed E-state index contributed by atoms with van der Waals surface area (Å²) >= 11 is 0. The maximum absolute atomic E-state index is 12.1. The lowest BCUT2D eigenvalue weighted by Crippen LogP contribution is -2.52. The average Bonchev–Trinajstić information content (AvgIpc) is 2.85. The van der Waals surface area contributed by atoms with Gasteiger partial charge in [0, 0.05) is 13.2 Å². The van der Waals surface area contributed by atoms with Crippen LogP contribution in [0.15, 0.2) is 0 Å². The Morgan fingerprint density at radius 2 is 2.05 bits per heavy atom. The zero-order valence-corrected chi connectivity index (χ0v) is 13.9. The minimum absolute atomic E-state index is 0.218. The summed E-state index contributed by atoms with van der Waals surface area (Å²) in [5, 5.41) is 0. The standard InChI is InChI=1S/C16H32N2O3/c1-4-18(12-13-20-5-2)11-9-14-8-7-10-16(14,17)15(19)21-6-3/h14H,4-13,17H2,1-3H3. The minimum atomic E-state index is -0.769. The van der Waals surface area contributed by atoms with Gasteiger partial charge in [0.15, 0.2) is 0 Å². The molecule has 2 N–H and O–H groups in total. The highest BCUT2D eigenvalue weighted by Gasteiger charge is 2.46. The Kier molecular flexibility index (Phi) is 8.22. The van der Waals surface area contributed by atoms with Crippen LogP contribution >= 0.6 is 0 Å². The molecule has 1 aliphatic rings. The Hall–Kier alpha value is -0.650. The van der Waals surface area contributed by atoms with Crippen LogP contribution in [-0.2, 0) is 14.3 Å². The molecule has 0 aliphatic heterocycles. The number of ether oxygens (including phenoxy) is 2. The molecule has 1 fully saturated rings. The topological polar surface area (TPSA) is 64.8 Å². The summed E-state index contributed by atoms with van der Waals surface area (Å²) < 4.78 is 10.6. The van der Waals surface area contributed by atoms with Gasteiger partial charge >= 0.3 is 5.97 Å². The highest BCUT2D eigenvalue weighted by molar-refractivity contribution is 5.81. The maximum atomic E-state index is 12.1. The number of likely N-dealkylation sites (N-methyl/N-ethyl adjacent to an activating group) is 1. The number of rotatable bonds is 10. The molecule has 5 heteroatoms. The molecular weight excluding hydrogens is 268 g/mol. The zero-order valence-electron chi connectivity index (χ0n) is 13.9. The predicted molar refractivity (Wildman–Crippen MR) is 84.1 cm³/mol. The number of esters is 1. The van der Waals surface area contributed by atoms with Crippen LogP contribution in [-0.4, -0.2) is 55.9 Å². The Bertz CT molecular complexity index is 312. The van der Waals surface area contributed by atoms with Crippen molar-refractivity contribution >= 4 is 5.97 Å². The number of hydrogen-bond acceptors (Lipinski definition) is 5. The van der Waals surface area contributed by atoms with Gasteiger partial charge in [-0.05, 0) is 52.1 Å². The molecule has 1 aliphatic carbocycles. The van der Waals surface area contributed by atoms with Crippen LogP contribution in [0.4, 0.5) is 0 Å². The fraction of sp³-hybridized carbons (Fsp3) is 0.938. The van der Waals surface area contributed by atoms with Crippen LogP contribution in [0.25, 0.3) is 0 Å². The molecule has 1 saturated carbocycles. The number of nitrogens with two attached hydrogens (primary N) is 1. The molecule has 21 heavy (non-hydrogen) atoms. The Balaban J connectivity index is 2.46. The van der Waals surface area contributed by atoms with Crippen molar-refractivity contribution in [3.8, 4) is 0 Å². The normalized spacial score (nSPS) is 25.5. The van der Waals surface area contributed by atoms with E-state index in [1.54, 1.807) is 0 Å². The van der Waals surface area contributed by atoms with Gasteiger partial charge in [-0.3, -0.25) is 4.79 Å². The lowest BCUT2D eigenvalue weighted by Gasteiger charge is -2.31. The summed E-state index contributed by atoms with van der Waals surface area (Å²) in [6.07, 6.45) is 3.75. The van der Waals surface area contributed by atoms with Crippen molar-refractivity contribution in [2.75, 3.05) is 39.5 Å². The van der Waals surface area contributed by atoms with E-state index in [9.17, 15) is 4.79 Å². The smallest absolute Gasteiger partial charge is 0.326 e. The van der Waals surface area contributed by atoms with E-state index in [1.165, 1.54) is 0 Å². The highest BCUT2D eigenvalue weighted by Crippen LogP contribution is 2.37. The van der Waals surface area contributed by atoms with E-state index >= 15 is 0 Å². The fourth-order valence-electron chi connectivity index (χ4n) is 3.14. The summed E-state index contributed by atoms with van der Waals surface area (Å²) in [7, 11) is 0. The molecular formula is C16H32N2O3. The summed E-state index contributed by atoms with van der Waals surface area (Å²) in [6, 6.07) is 0. The molecule has 0 radical (unpaired) electrons. The van der Waals surface area contributed by atoms with Gasteiger partial charge in [0.25, 0.3) is 0 Å². The monoisotopic (exact) mass is 300 g/mol. The van der Waals surface area contributed by atoms with Gasteiger partial charge in [-0.25, -0.2) is 0 Å². The average molecular weight is 300 g/mol. The second-order valence-corrected chi connectivity index (χ2v) is 5.77. The molecule has 0 heterocycles. The van der Waals surface area contributed by atoms with Crippen molar-refractivity contribution in [1.29, 1.82) is 0 Å². The summed E-state index contributed by atoms with van der Waals surface area (Å²) in [4.78, 5) is 14.5. The minimum Gasteiger partial charge on any atom is -0.465 e. The van der Waals surface area contributed by atoms with Gasteiger partial charge < -0.3 is 20.1 Å². The van der Waals surface area contributed by atoms with Crippen molar-refractivity contribution < 1.29 is 14.3 Å². The van der Waals surface area contributed by atoms with Gasteiger partial charge in [0.2, 0.25) is 0 Å². The summed E-state index contributed by atoms with van der Waals surface area (Å²) in [6.45, 7) is 10.8. The van der Waals surface area contributed by atoms with Crippen molar-refractivity contribution in [2.24, 2.45) is 11.7 Å². The van der Waals surface area contributed by atoms with E-state index in [-0.39, 0.29) is 11.9 Å². The third kappa shape index (κ3) is 5.24. The van der Waals surface area contributed by atoms with Crippen LogP contribution in [0.1, 0.15) is 46.5 Å². The lowest BCUT2D eigenvalue weighted by molar-refractivity contribution is -0.151. The van der Waals surface area contributed by atoms with E-state index in [0.29, 0.717) is 6.61 Å². The Morgan fingerprint density at radius 1 is 1.29 bits per heavy atom. The molecule has 0 aromatic rings. The largest absolute Gasteiger partial charge is 0.465 e. The van der Waals surface area contributed by atoms with E-state index < -0.39 is 5.54 Å². The zero-order chi connectivity index (χ0) is 15.7. The van der Waals surface area contributed by atoms with Gasteiger partial charge in [-0.1, -0.05) is 13.3 Å². The van der Waals surface area contributed by atoms with Crippen molar-refractivity contribution in [3.05, 3.63) is 0 Å². The number of carbonyl (C=O) groups excluding carboxylic acids is 1. The molecule has 1 rings (SSSR count). The fourth-order valence-corrected chi connectivity index (χ4v) is 3.14. The van der Waals surface area contributed by atoms with Gasteiger partial charge in [0.05, 0.1) is 13.2 Å². The highest BCUT2D eigenvalue weighted by atomic mass is 16.5. The first-order valence-electron chi connectivity index (χ1n) is 8.34. The molecule has 0 aromatic carbocycles. The number of nitrogens with zero attached hydrogens (tertiary/aromatic N) is 1. The molecule has 0 bridgehead atoms. The third-order valence-electron chi connectivity index (χ3n) is 4.52. The Morgan fingerprint density at radius 3 is 2.67 bits per heavy atom. The first-order valence-corrected chi connectivity index (χ1v) is 8.34. The molecule has 5 nitrogen and oxygen atoms in total. The molecule has 0 spiro atoms. The molecule has 2 unspecified atom stereocenters. The maximum Gasteiger partial charge on any atom is 0.326 e. The first-order chi connectivity index (χ1) is 10.1. The van der Waals surface area contributed by atoms with E-state index in [1.807, 2.05) is 13.8 Å². The lowest BCUT2D eigenvalue weighted by atomic mass is 9.85. The van der Waals surface area contributed by atoms with E-state index in [2.05, 4.69) is 11.8 Å². The van der Waals surface area contributed by atoms with Crippen LogP contribution < -0.4 is 5.73 Å². The quantitative estimate of drug-likeness (QED) is 0.492. The molecule has 0 aromatic heterocycles. The second kappa shape index (κ2) is 9.38. The molecule has 0 amide bonds.